The van der Waals surface area contributed by atoms with Crippen molar-refractivity contribution < 1.29 is 4.39 Å². The molecule has 2 aromatic rings. The molecular weight excluding hydrogens is 286 g/mol. The molecule has 1 unspecified atom stereocenters. The molecule has 2 aromatic carbocycles. The molecule has 0 amide bonds. The lowest BCUT2D eigenvalue weighted by Crippen LogP contribution is -2.29. The lowest BCUT2D eigenvalue weighted by molar-refractivity contribution is 0.529. The third-order valence-corrected chi connectivity index (χ3v) is 3.67. The molecule has 0 heterocycles. The molecule has 0 radical (unpaired) electrons. The Labute approximate surface area is 121 Å². The van der Waals surface area contributed by atoms with E-state index in [-0.39, 0.29) is 11.9 Å². The number of benzene rings is 2. The number of nitrogens with two attached hydrogens (primary N) is 1. The highest BCUT2D eigenvalue weighted by Gasteiger charge is 2.14. The van der Waals surface area contributed by atoms with E-state index in [2.05, 4.69) is 5.43 Å². The molecule has 0 spiro atoms. The van der Waals surface area contributed by atoms with Gasteiger partial charge in [0, 0.05) is 0 Å². The second kappa shape index (κ2) is 6.35. The topological polar surface area (TPSA) is 38.0 Å². The van der Waals surface area contributed by atoms with Crippen molar-refractivity contribution in [2.45, 2.75) is 12.5 Å². The molecule has 0 saturated carbocycles. The van der Waals surface area contributed by atoms with E-state index in [1.54, 1.807) is 30.3 Å². The van der Waals surface area contributed by atoms with Crippen molar-refractivity contribution in [2.24, 2.45) is 5.84 Å². The van der Waals surface area contributed by atoms with Crippen molar-refractivity contribution in [3.05, 3.63) is 69.5 Å². The maximum absolute atomic E-state index is 13.6. The fourth-order valence-electron chi connectivity index (χ4n) is 1.89. The Hall–Kier alpha value is -1.13. The minimum absolute atomic E-state index is 0.230. The lowest BCUT2D eigenvalue weighted by Gasteiger charge is -2.17. The summed E-state index contributed by atoms with van der Waals surface area (Å²) in [5.41, 5.74) is 4.13. The fourth-order valence-corrected chi connectivity index (χ4v) is 2.19. The predicted octanol–water partition coefficient (Wildman–Crippen LogP) is 3.88. The number of nitrogens with one attached hydrogen (secondary N) is 1. The summed E-state index contributed by atoms with van der Waals surface area (Å²) in [7, 11) is 0. The Balaban J connectivity index is 2.25. The summed E-state index contributed by atoms with van der Waals surface area (Å²) < 4.78 is 13.6. The molecule has 0 saturated heterocycles. The maximum Gasteiger partial charge on any atom is 0.126 e. The second-order valence-electron chi connectivity index (χ2n) is 4.19. The SMILES string of the molecule is NNC(Cc1ccccc1F)c1ccc(Cl)c(Cl)c1. The summed E-state index contributed by atoms with van der Waals surface area (Å²) in [6, 6.07) is 11.6. The van der Waals surface area contributed by atoms with E-state index in [0.29, 0.717) is 22.0 Å². The van der Waals surface area contributed by atoms with Gasteiger partial charge in [-0.25, -0.2) is 4.39 Å². The standard InChI is InChI=1S/C14H13Cl2FN2/c15-11-6-5-10(7-12(11)16)14(19-18)8-9-3-1-2-4-13(9)17/h1-7,14,19H,8,18H2. The van der Waals surface area contributed by atoms with Crippen LogP contribution in [-0.4, -0.2) is 0 Å². The van der Waals surface area contributed by atoms with Crippen LogP contribution in [-0.2, 0) is 6.42 Å². The second-order valence-corrected chi connectivity index (χ2v) is 5.00. The van der Waals surface area contributed by atoms with Crippen molar-refractivity contribution >= 4 is 23.2 Å². The van der Waals surface area contributed by atoms with Crippen molar-refractivity contribution in [2.75, 3.05) is 0 Å². The van der Waals surface area contributed by atoms with Crippen LogP contribution in [0.2, 0.25) is 10.0 Å². The van der Waals surface area contributed by atoms with Crippen LogP contribution >= 0.6 is 23.2 Å². The molecule has 0 aliphatic rings. The van der Waals surface area contributed by atoms with Crippen LogP contribution in [0.4, 0.5) is 4.39 Å². The van der Waals surface area contributed by atoms with Crippen LogP contribution in [0.3, 0.4) is 0 Å². The van der Waals surface area contributed by atoms with Gasteiger partial charge < -0.3 is 0 Å². The number of hydrazine groups is 1. The molecule has 2 nitrogen and oxygen atoms in total. The van der Waals surface area contributed by atoms with Crippen LogP contribution < -0.4 is 11.3 Å². The van der Waals surface area contributed by atoms with Crippen LogP contribution in [0.15, 0.2) is 42.5 Å². The highest BCUT2D eigenvalue weighted by molar-refractivity contribution is 6.42. The molecule has 2 rings (SSSR count). The zero-order chi connectivity index (χ0) is 13.8. The number of hydrogen-bond donors (Lipinski definition) is 2. The van der Waals surface area contributed by atoms with Gasteiger partial charge in [-0.2, -0.15) is 0 Å². The highest BCUT2D eigenvalue weighted by atomic mass is 35.5. The van der Waals surface area contributed by atoms with Crippen molar-refractivity contribution in [3.63, 3.8) is 0 Å². The molecule has 0 bridgehead atoms. The average Bonchev–Trinajstić information content (AvgIpc) is 2.41. The molecule has 0 aliphatic heterocycles. The Kier molecular flexibility index (Phi) is 4.77. The van der Waals surface area contributed by atoms with E-state index in [4.69, 9.17) is 29.0 Å². The fraction of sp³-hybridized carbons (Fsp3) is 0.143. The molecular formula is C14H13Cl2FN2. The summed E-state index contributed by atoms with van der Waals surface area (Å²) in [4.78, 5) is 0. The Morgan fingerprint density at radius 1 is 1.11 bits per heavy atom. The van der Waals surface area contributed by atoms with Gasteiger partial charge in [0.05, 0.1) is 16.1 Å². The van der Waals surface area contributed by atoms with Crippen LogP contribution in [0.25, 0.3) is 0 Å². The number of hydrogen-bond acceptors (Lipinski definition) is 2. The van der Waals surface area contributed by atoms with Crippen molar-refractivity contribution in [1.82, 2.24) is 5.43 Å². The van der Waals surface area contributed by atoms with Crippen LogP contribution in [0.5, 0.6) is 0 Å². The summed E-state index contributed by atoms with van der Waals surface area (Å²) in [6.45, 7) is 0. The van der Waals surface area contributed by atoms with E-state index in [0.717, 1.165) is 5.56 Å². The van der Waals surface area contributed by atoms with E-state index < -0.39 is 0 Å². The van der Waals surface area contributed by atoms with Gasteiger partial charge in [-0.05, 0) is 35.7 Å². The summed E-state index contributed by atoms with van der Waals surface area (Å²) in [5, 5.41) is 0.931. The zero-order valence-corrected chi connectivity index (χ0v) is 11.5. The minimum Gasteiger partial charge on any atom is -0.271 e. The Morgan fingerprint density at radius 3 is 2.47 bits per heavy atom. The molecule has 19 heavy (non-hydrogen) atoms. The predicted molar refractivity (Wildman–Crippen MR) is 76.6 cm³/mol. The monoisotopic (exact) mass is 298 g/mol. The van der Waals surface area contributed by atoms with Gasteiger partial charge >= 0.3 is 0 Å². The van der Waals surface area contributed by atoms with Gasteiger partial charge in [0.25, 0.3) is 0 Å². The minimum atomic E-state index is -0.247. The summed E-state index contributed by atoms with van der Waals surface area (Å²) >= 11 is 11.8. The van der Waals surface area contributed by atoms with E-state index in [1.807, 2.05) is 6.07 Å². The van der Waals surface area contributed by atoms with Crippen molar-refractivity contribution in [1.29, 1.82) is 0 Å². The lowest BCUT2D eigenvalue weighted by atomic mass is 9.99. The first-order chi connectivity index (χ1) is 9.11. The largest absolute Gasteiger partial charge is 0.271 e. The normalized spacial score (nSPS) is 12.4. The van der Waals surface area contributed by atoms with Gasteiger partial charge in [-0.15, -0.1) is 0 Å². The van der Waals surface area contributed by atoms with Gasteiger partial charge in [-0.3, -0.25) is 11.3 Å². The maximum atomic E-state index is 13.6. The molecule has 0 aromatic heterocycles. The van der Waals surface area contributed by atoms with Crippen molar-refractivity contribution in [3.8, 4) is 0 Å². The summed E-state index contributed by atoms with van der Waals surface area (Å²) in [6.07, 6.45) is 0.432. The quantitative estimate of drug-likeness (QED) is 0.664. The highest BCUT2D eigenvalue weighted by Crippen LogP contribution is 2.27. The third kappa shape index (κ3) is 3.45. The van der Waals surface area contributed by atoms with E-state index >= 15 is 0 Å². The third-order valence-electron chi connectivity index (χ3n) is 2.93. The van der Waals surface area contributed by atoms with Crippen LogP contribution in [0.1, 0.15) is 17.2 Å². The number of rotatable bonds is 4. The first-order valence-corrected chi connectivity index (χ1v) is 6.52. The molecule has 0 aliphatic carbocycles. The Bertz CT molecular complexity index is 575. The first-order valence-electron chi connectivity index (χ1n) is 5.76. The molecule has 1 atom stereocenters. The first kappa shape index (κ1) is 14.3. The Morgan fingerprint density at radius 2 is 1.84 bits per heavy atom. The van der Waals surface area contributed by atoms with Gasteiger partial charge in [0.15, 0.2) is 0 Å². The van der Waals surface area contributed by atoms with E-state index in [1.165, 1.54) is 6.07 Å². The molecule has 5 heteroatoms. The molecule has 0 fully saturated rings. The molecule has 3 N–H and O–H groups in total. The van der Waals surface area contributed by atoms with E-state index in [9.17, 15) is 4.39 Å². The van der Waals surface area contributed by atoms with Gasteiger partial charge in [0.2, 0.25) is 0 Å². The van der Waals surface area contributed by atoms with Gasteiger partial charge in [0.1, 0.15) is 5.82 Å². The number of halogens is 3. The van der Waals surface area contributed by atoms with Gasteiger partial charge in [-0.1, -0.05) is 47.5 Å². The van der Waals surface area contributed by atoms with Crippen LogP contribution in [0, 0.1) is 5.82 Å². The summed E-state index contributed by atoms with van der Waals surface area (Å²) in [5.74, 6) is 5.29. The molecule has 100 valence electrons. The zero-order valence-electron chi connectivity index (χ0n) is 10.0. The average molecular weight is 299 g/mol. The smallest absolute Gasteiger partial charge is 0.126 e.